The number of nitrogens with one attached hydrogen (secondary N) is 1. The van der Waals surface area contributed by atoms with E-state index in [-0.39, 0.29) is 6.61 Å². The fraction of sp³-hybridized carbons (Fsp3) is 0.150. The maximum Gasteiger partial charge on any atom is 0.408 e. The average molecular weight is 334 g/mol. The van der Waals surface area contributed by atoms with E-state index in [0.29, 0.717) is 12.7 Å². The number of hydrogen-bond acceptors (Lipinski definition) is 4. The Hall–Kier alpha value is -3.21. The summed E-state index contributed by atoms with van der Waals surface area (Å²) in [6, 6.07) is 18.4. The average Bonchev–Trinajstić information content (AvgIpc) is 2.66. The SMILES string of the molecule is O=CC(Cc1cnc2ccccc2c1)NC(=O)OCc1ccccc1. The van der Waals surface area contributed by atoms with Gasteiger partial charge in [0.2, 0.25) is 0 Å². The molecule has 0 aliphatic heterocycles. The molecule has 5 nitrogen and oxygen atoms in total. The summed E-state index contributed by atoms with van der Waals surface area (Å²) in [4.78, 5) is 27.5. The van der Waals surface area contributed by atoms with Gasteiger partial charge in [-0.15, -0.1) is 0 Å². The molecule has 0 fully saturated rings. The van der Waals surface area contributed by atoms with Gasteiger partial charge in [0.15, 0.2) is 0 Å². The zero-order chi connectivity index (χ0) is 17.5. The summed E-state index contributed by atoms with van der Waals surface area (Å²) in [5.74, 6) is 0. The van der Waals surface area contributed by atoms with E-state index in [1.807, 2.05) is 60.7 Å². The molecule has 0 radical (unpaired) electrons. The molecule has 1 aromatic heterocycles. The number of aldehydes is 1. The molecule has 2 aromatic carbocycles. The van der Waals surface area contributed by atoms with E-state index in [4.69, 9.17) is 4.74 Å². The van der Waals surface area contributed by atoms with E-state index in [1.54, 1.807) is 6.20 Å². The molecule has 5 heteroatoms. The number of fused-ring (bicyclic) bond motifs is 1. The van der Waals surface area contributed by atoms with Gasteiger partial charge in [-0.25, -0.2) is 4.79 Å². The molecule has 3 rings (SSSR count). The lowest BCUT2D eigenvalue weighted by atomic mass is 10.1. The number of hydrogen-bond donors (Lipinski definition) is 1. The molecule has 1 heterocycles. The molecule has 1 atom stereocenters. The van der Waals surface area contributed by atoms with Gasteiger partial charge in [-0.2, -0.15) is 0 Å². The van der Waals surface area contributed by atoms with Gasteiger partial charge in [0.1, 0.15) is 12.9 Å². The Kier molecular flexibility index (Phi) is 5.36. The van der Waals surface area contributed by atoms with Crippen molar-refractivity contribution >= 4 is 23.3 Å². The zero-order valence-electron chi connectivity index (χ0n) is 13.6. The predicted octanol–water partition coefficient (Wildman–Crippen LogP) is 3.27. The standard InChI is InChI=1S/C20H18N2O3/c23-13-18(22-20(24)25-14-15-6-2-1-3-7-15)11-16-10-17-8-4-5-9-19(17)21-12-16/h1-10,12-13,18H,11,14H2,(H,22,24). The van der Waals surface area contributed by atoms with Crippen LogP contribution < -0.4 is 5.32 Å². The van der Waals surface area contributed by atoms with Gasteiger partial charge in [0.05, 0.1) is 11.6 Å². The van der Waals surface area contributed by atoms with Crippen LogP contribution in [0.5, 0.6) is 0 Å². The molecule has 0 aliphatic carbocycles. The van der Waals surface area contributed by atoms with E-state index >= 15 is 0 Å². The highest BCUT2D eigenvalue weighted by atomic mass is 16.5. The third-order valence-corrected chi connectivity index (χ3v) is 3.78. The minimum absolute atomic E-state index is 0.162. The minimum atomic E-state index is -0.661. The molecule has 1 amide bonds. The quantitative estimate of drug-likeness (QED) is 0.703. The molecule has 25 heavy (non-hydrogen) atoms. The first-order valence-electron chi connectivity index (χ1n) is 8.01. The summed E-state index contributed by atoms with van der Waals surface area (Å²) in [6.45, 7) is 0.162. The Morgan fingerprint density at radius 1 is 1.08 bits per heavy atom. The summed E-state index contributed by atoms with van der Waals surface area (Å²) in [5, 5.41) is 3.57. The number of aromatic nitrogens is 1. The summed E-state index contributed by atoms with van der Waals surface area (Å²) in [7, 11) is 0. The van der Waals surface area contributed by atoms with Crippen LogP contribution in [0.1, 0.15) is 11.1 Å². The first-order valence-corrected chi connectivity index (χ1v) is 8.01. The van der Waals surface area contributed by atoms with Crippen molar-refractivity contribution in [1.29, 1.82) is 0 Å². The normalized spacial score (nSPS) is 11.7. The molecule has 0 saturated carbocycles. The number of benzene rings is 2. The van der Waals surface area contributed by atoms with E-state index in [2.05, 4.69) is 10.3 Å². The fourth-order valence-corrected chi connectivity index (χ4v) is 2.53. The Balaban J connectivity index is 1.57. The number of ether oxygens (including phenoxy) is 1. The molecular weight excluding hydrogens is 316 g/mol. The van der Waals surface area contributed by atoms with Crippen LogP contribution in [-0.2, 0) is 22.6 Å². The van der Waals surface area contributed by atoms with Crippen LogP contribution >= 0.6 is 0 Å². The van der Waals surface area contributed by atoms with Crippen molar-refractivity contribution in [3.63, 3.8) is 0 Å². The van der Waals surface area contributed by atoms with Crippen LogP contribution in [-0.4, -0.2) is 23.4 Å². The maximum absolute atomic E-state index is 11.9. The number of alkyl carbamates (subject to hydrolysis) is 1. The lowest BCUT2D eigenvalue weighted by molar-refractivity contribution is -0.109. The number of rotatable bonds is 6. The molecule has 0 spiro atoms. The van der Waals surface area contributed by atoms with Gasteiger partial charge in [-0.1, -0.05) is 48.5 Å². The summed E-state index contributed by atoms with van der Waals surface area (Å²) < 4.78 is 5.14. The Bertz CT molecular complexity index is 865. The van der Waals surface area contributed by atoms with Crippen LogP contribution in [0.2, 0.25) is 0 Å². The Morgan fingerprint density at radius 3 is 2.64 bits per heavy atom. The lowest BCUT2D eigenvalue weighted by Gasteiger charge is -2.13. The van der Waals surface area contributed by atoms with Crippen molar-refractivity contribution in [3.05, 3.63) is 78.0 Å². The van der Waals surface area contributed by atoms with Gasteiger partial charge in [-0.3, -0.25) is 4.98 Å². The first kappa shape index (κ1) is 16.6. The Morgan fingerprint density at radius 2 is 1.84 bits per heavy atom. The molecule has 126 valence electrons. The number of carbonyl (C=O) groups is 2. The van der Waals surface area contributed by atoms with Crippen LogP contribution in [0.4, 0.5) is 4.79 Å². The number of para-hydroxylation sites is 1. The van der Waals surface area contributed by atoms with Crippen molar-refractivity contribution in [1.82, 2.24) is 10.3 Å². The van der Waals surface area contributed by atoms with Gasteiger partial charge in [0.25, 0.3) is 0 Å². The second-order valence-electron chi connectivity index (χ2n) is 5.69. The lowest BCUT2D eigenvalue weighted by Crippen LogP contribution is -2.37. The highest BCUT2D eigenvalue weighted by Crippen LogP contribution is 2.13. The van der Waals surface area contributed by atoms with E-state index in [9.17, 15) is 9.59 Å². The van der Waals surface area contributed by atoms with Crippen molar-refractivity contribution < 1.29 is 14.3 Å². The van der Waals surface area contributed by atoms with Crippen molar-refractivity contribution in [2.75, 3.05) is 0 Å². The van der Waals surface area contributed by atoms with Gasteiger partial charge >= 0.3 is 6.09 Å². The number of carbonyl (C=O) groups excluding carboxylic acids is 2. The smallest absolute Gasteiger partial charge is 0.408 e. The maximum atomic E-state index is 11.9. The molecule has 1 N–H and O–H groups in total. The summed E-state index contributed by atoms with van der Waals surface area (Å²) in [5.41, 5.74) is 2.65. The predicted molar refractivity (Wildman–Crippen MR) is 95.1 cm³/mol. The zero-order valence-corrected chi connectivity index (χ0v) is 13.6. The van der Waals surface area contributed by atoms with Crippen LogP contribution in [0, 0.1) is 0 Å². The molecule has 1 unspecified atom stereocenters. The van der Waals surface area contributed by atoms with Crippen molar-refractivity contribution in [2.24, 2.45) is 0 Å². The molecular formula is C20H18N2O3. The largest absolute Gasteiger partial charge is 0.445 e. The van der Waals surface area contributed by atoms with E-state index in [1.165, 1.54) is 0 Å². The van der Waals surface area contributed by atoms with Crippen LogP contribution in [0.25, 0.3) is 10.9 Å². The number of pyridine rings is 1. The van der Waals surface area contributed by atoms with Gasteiger partial charge < -0.3 is 14.8 Å². The first-order chi connectivity index (χ1) is 12.2. The van der Waals surface area contributed by atoms with Gasteiger partial charge in [-0.05, 0) is 23.3 Å². The fourth-order valence-electron chi connectivity index (χ4n) is 2.53. The van der Waals surface area contributed by atoms with Crippen LogP contribution in [0.15, 0.2) is 66.9 Å². The second-order valence-corrected chi connectivity index (χ2v) is 5.69. The second kappa shape index (κ2) is 8.06. The topological polar surface area (TPSA) is 68.3 Å². The van der Waals surface area contributed by atoms with Gasteiger partial charge in [0, 0.05) is 18.0 Å². The van der Waals surface area contributed by atoms with E-state index in [0.717, 1.165) is 22.0 Å². The summed E-state index contributed by atoms with van der Waals surface area (Å²) >= 11 is 0. The summed E-state index contributed by atoms with van der Waals surface area (Å²) in [6.07, 6.45) is 2.17. The highest BCUT2D eigenvalue weighted by molar-refractivity contribution is 5.79. The van der Waals surface area contributed by atoms with E-state index < -0.39 is 12.1 Å². The molecule has 0 saturated heterocycles. The third kappa shape index (κ3) is 4.64. The Labute approximate surface area is 145 Å². The van der Waals surface area contributed by atoms with Crippen molar-refractivity contribution in [2.45, 2.75) is 19.1 Å². The van der Waals surface area contributed by atoms with Crippen molar-refractivity contribution in [3.8, 4) is 0 Å². The number of amides is 1. The molecule has 3 aromatic rings. The molecule has 0 aliphatic rings. The highest BCUT2D eigenvalue weighted by Gasteiger charge is 2.13. The third-order valence-electron chi connectivity index (χ3n) is 3.78. The monoisotopic (exact) mass is 334 g/mol. The minimum Gasteiger partial charge on any atom is -0.445 e. The number of nitrogens with zero attached hydrogens (tertiary/aromatic N) is 1. The molecule has 0 bridgehead atoms. The van der Waals surface area contributed by atoms with Crippen LogP contribution in [0.3, 0.4) is 0 Å².